The van der Waals surface area contributed by atoms with Crippen molar-refractivity contribution in [1.29, 1.82) is 0 Å². The molecule has 0 saturated heterocycles. The Labute approximate surface area is 158 Å². The smallest absolute Gasteiger partial charge is 0.197 e. The molecule has 2 aromatic carbocycles. The number of hydrogen-bond donors (Lipinski definition) is 1. The van der Waals surface area contributed by atoms with Gasteiger partial charge < -0.3 is 9.72 Å². The Morgan fingerprint density at radius 3 is 2.46 bits per heavy atom. The number of halogens is 1. The van der Waals surface area contributed by atoms with Gasteiger partial charge in [0.05, 0.1) is 5.52 Å². The van der Waals surface area contributed by atoms with E-state index in [0.29, 0.717) is 22.4 Å². The summed E-state index contributed by atoms with van der Waals surface area (Å²) in [4.78, 5) is 18.4. The Morgan fingerprint density at radius 1 is 0.962 bits per heavy atom. The van der Waals surface area contributed by atoms with E-state index in [1.165, 1.54) is 0 Å². The lowest BCUT2D eigenvalue weighted by atomic mass is 10.1. The fourth-order valence-corrected chi connectivity index (χ4v) is 3.45. The summed E-state index contributed by atoms with van der Waals surface area (Å²) in [7, 11) is 0. The zero-order valence-corrected chi connectivity index (χ0v) is 16.1. The van der Waals surface area contributed by atoms with Gasteiger partial charge in [-0.1, -0.05) is 25.4 Å². The van der Waals surface area contributed by atoms with Gasteiger partial charge in [-0.05, 0) is 56.3 Å². The van der Waals surface area contributed by atoms with Crippen LogP contribution in [0.15, 0.2) is 41.2 Å². The Hall–Kier alpha value is -2.04. The van der Waals surface area contributed by atoms with Gasteiger partial charge in [-0.15, -0.1) is 0 Å². The van der Waals surface area contributed by atoms with Gasteiger partial charge in [-0.2, -0.15) is 0 Å². The molecule has 4 nitrogen and oxygen atoms in total. The second-order valence-corrected chi connectivity index (χ2v) is 6.98. The van der Waals surface area contributed by atoms with Crippen molar-refractivity contribution in [2.75, 3.05) is 26.2 Å². The van der Waals surface area contributed by atoms with E-state index in [1.807, 2.05) is 24.3 Å². The summed E-state index contributed by atoms with van der Waals surface area (Å²) in [6.45, 7) is 8.13. The minimum absolute atomic E-state index is 0.0140. The van der Waals surface area contributed by atoms with E-state index in [-0.39, 0.29) is 5.43 Å². The SMILES string of the molecule is CCCN(CCC)CCOc1ccc2c(=O)c3cc(Cl)ccc3[nH]c2c1. The van der Waals surface area contributed by atoms with Crippen molar-refractivity contribution < 1.29 is 4.74 Å². The second-order valence-electron chi connectivity index (χ2n) is 6.54. The second kappa shape index (κ2) is 8.56. The summed E-state index contributed by atoms with van der Waals surface area (Å²) in [6, 6.07) is 10.9. The Bertz CT molecular complexity index is 946. The van der Waals surface area contributed by atoms with Crippen LogP contribution in [0.4, 0.5) is 0 Å². The first kappa shape index (κ1) is 18.7. The van der Waals surface area contributed by atoms with Gasteiger partial charge >= 0.3 is 0 Å². The first-order valence-electron chi connectivity index (χ1n) is 9.22. The number of pyridine rings is 1. The van der Waals surface area contributed by atoms with Crippen LogP contribution in [-0.4, -0.2) is 36.1 Å². The normalized spacial score (nSPS) is 11.5. The number of aromatic nitrogens is 1. The Kier molecular flexibility index (Phi) is 6.17. The Morgan fingerprint density at radius 2 is 1.73 bits per heavy atom. The molecule has 1 aromatic heterocycles. The van der Waals surface area contributed by atoms with E-state index in [1.54, 1.807) is 12.1 Å². The number of fused-ring (bicyclic) bond motifs is 2. The zero-order valence-electron chi connectivity index (χ0n) is 15.3. The van der Waals surface area contributed by atoms with Crippen LogP contribution in [0.25, 0.3) is 21.8 Å². The summed E-state index contributed by atoms with van der Waals surface area (Å²) in [5, 5.41) is 1.81. The van der Waals surface area contributed by atoms with Crippen LogP contribution >= 0.6 is 11.6 Å². The molecular formula is C21H25ClN2O2. The number of nitrogens with one attached hydrogen (secondary N) is 1. The highest BCUT2D eigenvalue weighted by molar-refractivity contribution is 6.31. The van der Waals surface area contributed by atoms with Crippen LogP contribution in [0.3, 0.4) is 0 Å². The number of ether oxygens (including phenoxy) is 1. The van der Waals surface area contributed by atoms with Crippen molar-refractivity contribution in [1.82, 2.24) is 9.88 Å². The maximum atomic E-state index is 12.7. The maximum Gasteiger partial charge on any atom is 0.197 e. The minimum atomic E-state index is -0.0140. The number of H-pyrrole nitrogens is 1. The molecule has 1 N–H and O–H groups in total. The molecule has 3 rings (SSSR count). The number of benzene rings is 2. The molecule has 0 bridgehead atoms. The van der Waals surface area contributed by atoms with Crippen molar-refractivity contribution in [3.63, 3.8) is 0 Å². The molecule has 26 heavy (non-hydrogen) atoms. The van der Waals surface area contributed by atoms with Gasteiger partial charge in [0.1, 0.15) is 12.4 Å². The van der Waals surface area contributed by atoms with Crippen molar-refractivity contribution in [2.24, 2.45) is 0 Å². The van der Waals surface area contributed by atoms with Gasteiger partial charge in [-0.3, -0.25) is 9.69 Å². The summed E-state index contributed by atoms with van der Waals surface area (Å²) in [5.74, 6) is 0.773. The monoisotopic (exact) mass is 372 g/mol. The van der Waals surface area contributed by atoms with E-state index in [2.05, 4.69) is 23.7 Å². The first-order valence-corrected chi connectivity index (χ1v) is 9.60. The average Bonchev–Trinajstić information content (AvgIpc) is 2.63. The van der Waals surface area contributed by atoms with E-state index < -0.39 is 0 Å². The summed E-state index contributed by atoms with van der Waals surface area (Å²) < 4.78 is 5.92. The summed E-state index contributed by atoms with van der Waals surface area (Å²) in [6.07, 6.45) is 2.29. The van der Waals surface area contributed by atoms with Gasteiger partial charge in [0.2, 0.25) is 0 Å². The van der Waals surface area contributed by atoms with Gasteiger partial charge in [0, 0.05) is 33.9 Å². The van der Waals surface area contributed by atoms with Crippen molar-refractivity contribution in [3.05, 3.63) is 51.6 Å². The van der Waals surface area contributed by atoms with Crippen molar-refractivity contribution in [3.8, 4) is 5.75 Å². The summed E-state index contributed by atoms with van der Waals surface area (Å²) >= 11 is 6.02. The van der Waals surface area contributed by atoms with Crippen LogP contribution in [0.2, 0.25) is 5.02 Å². The lowest BCUT2D eigenvalue weighted by molar-refractivity contribution is 0.209. The molecule has 0 aliphatic rings. The van der Waals surface area contributed by atoms with Gasteiger partial charge in [0.15, 0.2) is 5.43 Å². The molecule has 0 unspecified atom stereocenters. The highest BCUT2D eigenvalue weighted by atomic mass is 35.5. The number of aromatic amines is 1. The lowest BCUT2D eigenvalue weighted by Gasteiger charge is -2.20. The molecule has 0 fully saturated rings. The highest BCUT2D eigenvalue weighted by Gasteiger charge is 2.08. The maximum absolute atomic E-state index is 12.7. The molecule has 1 heterocycles. The van der Waals surface area contributed by atoms with Crippen LogP contribution in [-0.2, 0) is 0 Å². The number of nitrogens with zero attached hydrogens (tertiary/aromatic N) is 1. The molecule has 138 valence electrons. The van der Waals surface area contributed by atoms with Crippen LogP contribution in [0.5, 0.6) is 5.75 Å². The molecule has 0 aliphatic carbocycles. The summed E-state index contributed by atoms with van der Waals surface area (Å²) in [5.41, 5.74) is 1.54. The Balaban J connectivity index is 1.80. The van der Waals surface area contributed by atoms with Crippen LogP contribution in [0, 0.1) is 0 Å². The topological polar surface area (TPSA) is 45.3 Å². The molecule has 0 atom stereocenters. The minimum Gasteiger partial charge on any atom is -0.492 e. The standard InChI is InChI=1S/C21H25ClN2O2/c1-3-9-24(10-4-2)11-12-26-16-6-7-17-20(14-16)23-19-8-5-15(22)13-18(19)21(17)25/h5-8,13-14H,3-4,9-12H2,1-2H3,(H,23,25). The molecule has 0 saturated carbocycles. The molecule has 5 heteroatoms. The molecule has 0 spiro atoms. The molecule has 0 aliphatic heterocycles. The predicted molar refractivity (Wildman–Crippen MR) is 110 cm³/mol. The van der Waals surface area contributed by atoms with Gasteiger partial charge in [-0.25, -0.2) is 0 Å². The number of rotatable bonds is 8. The van der Waals surface area contributed by atoms with Crippen molar-refractivity contribution >= 4 is 33.4 Å². The van der Waals surface area contributed by atoms with Crippen molar-refractivity contribution in [2.45, 2.75) is 26.7 Å². The molecule has 0 amide bonds. The van der Waals surface area contributed by atoms with Crippen LogP contribution in [0.1, 0.15) is 26.7 Å². The van der Waals surface area contributed by atoms with E-state index in [4.69, 9.17) is 16.3 Å². The third kappa shape index (κ3) is 4.19. The lowest BCUT2D eigenvalue weighted by Crippen LogP contribution is -2.30. The van der Waals surface area contributed by atoms with E-state index >= 15 is 0 Å². The molecule has 0 radical (unpaired) electrons. The number of hydrogen-bond acceptors (Lipinski definition) is 3. The fraction of sp³-hybridized carbons (Fsp3) is 0.381. The first-order chi connectivity index (χ1) is 12.6. The predicted octanol–water partition coefficient (Wildman–Crippen LogP) is 4.84. The quantitative estimate of drug-likeness (QED) is 0.576. The third-order valence-electron chi connectivity index (χ3n) is 4.49. The third-order valence-corrected chi connectivity index (χ3v) is 4.72. The highest BCUT2D eigenvalue weighted by Crippen LogP contribution is 2.22. The average molecular weight is 373 g/mol. The fourth-order valence-electron chi connectivity index (χ4n) is 3.28. The molecular weight excluding hydrogens is 348 g/mol. The zero-order chi connectivity index (χ0) is 18.5. The van der Waals surface area contributed by atoms with Crippen LogP contribution < -0.4 is 10.2 Å². The van der Waals surface area contributed by atoms with E-state index in [0.717, 1.165) is 49.3 Å². The van der Waals surface area contributed by atoms with Gasteiger partial charge in [0.25, 0.3) is 0 Å². The van der Waals surface area contributed by atoms with E-state index in [9.17, 15) is 4.79 Å². The largest absolute Gasteiger partial charge is 0.492 e. The molecule has 3 aromatic rings.